The Morgan fingerprint density at radius 1 is 1.37 bits per heavy atom. The van der Waals surface area contributed by atoms with E-state index < -0.39 is 0 Å². The molecule has 3 heterocycles. The van der Waals surface area contributed by atoms with E-state index in [0.717, 1.165) is 12.4 Å². The van der Waals surface area contributed by atoms with Crippen molar-refractivity contribution in [1.82, 2.24) is 25.0 Å². The van der Waals surface area contributed by atoms with Crippen molar-refractivity contribution in [2.45, 2.75) is 64.2 Å². The van der Waals surface area contributed by atoms with Gasteiger partial charge in [-0.1, -0.05) is 0 Å². The molecule has 106 valence electrons. The Morgan fingerprint density at radius 2 is 2.26 bits per heavy atom. The van der Waals surface area contributed by atoms with Crippen LogP contribution < -0.4 is 5.32 Å². The first-order valence-corrected chi connectivity index (χ1v) is 7.61. The van der Waals surface area contributed by atoms with E-state index in [4.69, 9.17) is 0 Å². The summed E-state index contributed by atoms with van der Waals surface area (Å²) in [4.78, 5) is 7.05. The summed E-state index contributed by atoms with van der Waals surface area (Å²) in [7, 11) is 0. The zero-order valence-electron chi connectivity index (χ0n) is 12.0. The fourth-order valence-electron chi connectivity index (χ4n) is 3.54. The molecule has 1 N–H and O–H groups in total. The van der Waals surface area contributed by atoms with Crippen molar-refractivity contribution < 1.29 is 0 Å². The summed E-state index contributed by atoms with van der Waals surface area (Å²) in [5.41, 5.74) is 0. The minimum absolute atomic E-state index is 0.392. The molecule has 5 heteroatoms. The molecule has 3 rings (SSSR count). The van der Waals surface area contributed by atoms with Gasteiger partial charge in [0.25, 0.3) is 0 Å². The minimum atomic E-state index is 0.392. The van der Waals surface area contributed by atoms with Gasteiger partial charge in [0.2, 0.25) is 0 Å². The second-order valence-corrected chi connectivity index (χ2v) is 6.10. The van der Waals surface area contributed by atoms with Crippen molar-refractivity contribution >= 4 is 0 Å². The summed E-state index contributed by atoms with van der Waals surface area (Å²) in [6.45, 7) is 7.67. The number of likely N-dealkylation sites (tertiary alicyclic amines) is 1. The van der Waals surface area contributed by atoms with Gasteiger partial charge in [0, 0.05) is 18.1 Å². The van der Waals surface area contributed by atoms with Crippen molar-refractivity contribution in [3.8, 4) is 0 Å². The molecule has 2 aliphatic rings. The van der Waals surface area contributed by atoms with Gasteiger partial charge >= 0.3 is 0 Å². The Balaban J connectivity index is 1.69. The Kier molecular flexibility index (Phi) is 3.84. The standard InChI is InChI=1S/C14H25N5/c1-11(2)19-14(16-10-17-19)9-18-8-4-6-13(18)12-5-3-7-15-12/h10-13,15H,3-9H2,1-2H3. The molecule has 5 nitrogen and oxygen atoms in total. The van der Waals surface area contributed by atoms with E-state index in [1.54, 1.807) is 6.33 Å². The van der Waals surface area contributed by atoms with E-state index in [1.165, 1.54) is 38.8 Å². The lowest BCUT2D eigenvalue weighted by molar-refractivity contribution is 0.197. The third-order valence-corrected chi connectivity index (χ3v) is 4.46. The fourth-order valence-corrected chi connectivity index (χ4v) is 3.54. The van der Waals surface area contributed by atoms with Crippen molar-refractivity contribution in [1.29, 1.82) is 0 Å². The molecule has 0 amide bonds. The first-order chi connectivity index (χ1) is 9.25. The van der Waals surface area contributed by atoms with Gasteiger partial charge in [-0.25, -0.2) is 9.67 Å². The lowest BCUT2D eigenvalue weighted by atomic mass is 10.0. The van der Waals surface area contributed by atoms with Gasteiger partial charge in [0.05, 0.1) is 6.54 Å². The average molecular weight is 263 g/mol. The van der Waals surface area contributed by atoms with Crippen molar-refractivity contribution in [3.63, 3.8) is 0 Å². The summed E-state index contributed by atoms with van der Waals surface area (Å²) in [6, 6.07) is 1.78. The molecule has 2 saturated heterocycles. The molecule has 0 saturated carbocycles. The maximum atomic E-state index is 4.45. The van der Waals surface area contributed by atoms with Crippen molar-refractivity contribution in [2.75, 3.05) is 13.1 Å². The second-order valence-electron chi connectivity index (χ2n) is 6.10. The van der Waals surface area contributed by atoms with Gasteiger partial charge in [-0.3, -0.25) is 4.90 Å². The van der Waals surface area contributed by atoms with E-state index in [2.05, 4.69) is 38.8 Å². The first kappa shape index (κ1) is 13.1. The summed E-state index contributed by atoms with van der Waals surface area (Å²) in [6.07, 6.45) is 7.00. The van der Waals surface area contributed by atoms with Gasteiger partial charge in [-0.05, 0) is 52.6 Å². The second kappa shape index (κ2) is 5.59. The Morgan fingerprint density at radius 3 is 3.00 bits per heavy atom. The molecule has 0 aromatic carbocycles. The van der Waals surface area contributed by atoms with Crippen LogP contribution in [-0.2, 0) is 6.54 Å². The normalized spacial score (nSPS) is 28.6. The quantitative estimate of drug-likeness (QED) is 0.896. The lowest BCUT2D eigenvalue weighted by Crippen LogP contribution is -2.43. The predicted octanol–water partition coefficient (Wildman–Crippen LogP) is 1.58. The summed E-state index contributed by atoms with van der Waals surface area (Å²) >= 11 is 0. The van der Waals surface area contributed by atoms with Crippen LogP contribution >= 0.6 is 0 Å². The zero-order chi connectivity index (χ0) is 13.2. The van der Waals surface area contributed by atoms with Crippen LogP contribution in [0, 0.1) is 0 Å². The molecule has 0 spiro atoms. The summed E-state index contributed by atoms with van der Waals surface area (Å²) in [5, 5.41) is 8.00. The van der Waals surface area contributed by atoms with Gasteiger partial charge in [-0.15, -0.1) is 0 Å². The molecule has 1 aromatic heterocycles. The third-order valence-electron chi connectivity index (χ3n) is 4.46. The van der Waals surface area contributed by atoms with Crippen molar-refractivity contribution in [3.05, 3.63) is 12.2 Å². The number of nitrogens with zero attached hydrogens (tertiary/aromatic N) is 4. The SMILES string of the molecule is CC(C)n1ncnc1CN1CCCC1C1CCCN1. The fraction of sp³-hybridized carbons (Fsp3) is 0.857. The van der Waals surface area contributed by atoms with Crippen LogP contribution in [0.1, 0.15) is 51.4 Å². The maximum absolute atomic E-state index is 4.45. The van der Waals surface area contributed by atoms with Gasteiger partial charge in [0.15, 0.2) is 0 Å². The molecule has 0 aliphatic carbocycles. The molecule has 0 bridgehead atoms. The Hall–Kier alpha value is -0.940. The van der Waals surface area contributed by atoms with Crippen LogP contribution in [0.15, 0.2) is 6.33 Å². The number of hydrogen-bond acceptors (Lipinski definition) is 4. The number of rotatable bonds is 4. The van der Waals surface area contributed by atoms with Crippen LogP contribution in [0.2, 0.25) is 0 Å². The smallest absolute Gasteiger partial charge is 0.141 e. The third kappa shape index (κ3) is 2.67. The van der Waals surface area contributed by atoms with E-state index in [9.17, 15) is 0 Å². The van der Waals surface area contributed by atoms with Gasteiger partial charge < -0.3 is 5.32 Å². The highest BCUT2D eigenvalue weighted by Gasteiger charge is 2.33. The molecule has 19 heavy (non-hydrogen) atoms. The molecule has 1 aromatic rings. The highest BCUT2D eigenvalue weighted by atomic mass is 15.4. The Bertz CT molecular complexity index is 408. The molecule has 2 atom stereocenters. The zero-order valence-corrected chi connectivity index (χ0v) is 12.0. The van der Waals surface area contributed by atoms with Crippen LogP contribution in [0.4, 0.5) is 0 Å². The van der Waals surface area contributed by atoms with Gasteiger partial charge in [0.1, 0.15) is 12.2 Å². The van der Waals surface area contributed by atoms with Crippen molar-refractivity contribution in [2.24, 2.45) is 0 Å². The number of hydrogen-bond donors (Lipinski definition) is 1. The highest BCUT2D eigenvalue weighted by Crippen LogP contribution is 2.26. The minimum Gasteiger partial charge on any atom is -0.312 e. The molecule has 0 radical (unpaired) electrons. The van der Waals surface area contributed by atoms with E-state index in [0.29, 0.717) is 18.1 Å². The monoisotopic (exact) mass is 263 g/mol. The van der Waals surface area contributed by atoms with Crippen LogP contribution in [0.5, 0.6) is 0 Å². The lowest BCUT2D eigenvalue weighted by Gasteiger charge is -2.29. The maximum Gasteiger partial charge on any atom is 0.141 e. The van der Waals surface area contributed by atoms with Crippen LogP contribution in [-0.4, -0.2) is 44.8 Å². The summed E-state index contributed by atoms with van der Waals surface area (Å²) < 4.78 is 2.05. The Labute approximate surface area is 115 Å². The van der Waals surface area contributed by atoms with Gasteiger partial charge in [-0.2, -0.15) is 5.10 Å². The predicted molar refractivity (Wildman–Crippen MR) is 74.9 cm³/mol. The topological polar surface area (TPSA) is 46.0 Å². The van der Waals surface area contributed by atoms with E-state index >= 15 is 0 Å². The highest BCUT2D eigenvalue weighted by molar-refractivity contribution is 4.95. The molecule has 2 aliphatic heterocycles. The summed E-state index contributed by atoms with van der Waals surface area (Å²) in [5.74, 6) is 1.11. The van der Waals surface area contributed by atoms with E-state index in [-0.39, 0.29) is 0 Å². The molecular weight excluding hydrogens is 238 g/mol. The number of aromatic nitrogens is 3. The van der Waals surface area contributed by atoms with Crippen LogP contribution in [0.25, 0.3) is 0 Å². The average Bonchev–Trinajstić information content (AvgIpc) is 3.09. The number of nitrogens with one attached hydrogen (secondary N) is 1. The largest absolute Gasteiger partial charge is 0.312 e. The molecule has 2 fully saturated rings. The molecular formula is C14H25N5. The molecule has 2 unspecified atom stereocenters. The van der Waals surface area contributed by atoms with Crippen LogP contribution in [0.3, 0.4) is 0 Å². The van der Waals surface area contributed by atoms with E-state index in [1.807, 2.05) is 0 Å². The first-order valence-electron chi connectivity index (χ1n) is 7.61.